The maximum absolute atomic E-state index is 4.40. The second-order valence-corrected chi connectivity index (χ2v) is 6.70. The molecule has 1 aliphatic rings. The Morgan fingerprint density at radius 3 is 2.54 bits per heavy atom. The van der Waals surface area contributed by atoms with Gasteiger partial charge in [-0.3, -0.25) is 4.68 Å². The minimum atomic E-state index is 0.415. The highest BCUT2D eigenvalue weighted by Crippen LogP contribution is 2.33. The molecule has 0 aliphatic carbocycles. The first-order valence-electron chi connectivity index (χ1n) is 8.93. The van der Waals surface area contributed by atoms with Gasteiger partial charge in [0, 0.05) is 11.8 Å². The van der Waals surface area contributed by atoms with E-state index in [1.54, 1.807) is 0 Å². The molecule has 0 saturated carbocycles. The van der Waals surface area contributed by atoms with Crippen molar-refractivity contribution < 1.29 is 0 Å². The molecule has 0 bridgehead atoms. The van der Waals surface area contributed by atoms with Crippen molar-refractivity contribution in [1.29, 1.82) is 0 Å². The molecule has 0 atom stereocenters. The molecule has 4 heteroatoms. The molecule has 0 spiro atoms. The van der Waals surface area contributed by atoms with Crippen molar-refractivity contribution in [3.8, 4) is 22.4 Å². The van der Waals surface area contributed by atoms with Gasteiger partial charge in [0.1, 0.15) is 6.33 Å². The molecule has 0 fully saturated rings. The van der Waals surface area contributed by atoms with Crippen LogP contribution < -0.4 is 4.92 Å². The SMILES string of the molecule is CC(C)c1cc(-c2ccccc2)ccc1-c1cncn1N1[B]C=CC=C1. The third-order valence-electron chi connectivity index (χ3n) is 4.62. The van der Waals surface area contributed by atoms with Gasteiger partial charge in [-0.15, -0.1) is 0 Å². The van der Waals surface area contributed by atoms with E-state index < -0.39 is 0 Å². The molecule has 4 rings (SSSR count). The zero-order valence-corrected chi connectivity index (χ0v) is 15.1. The van der Waals surface area contributed by atoms with Crippen molar-refractivity contribution in [3.63, 3.8) is 0 Å². The number of benzene rings is 2. The fourth-order valence-electron chi connectivity index (χ4n) is 3.28. The van der Waals surface area contributed by atoms with Crippen LogP contribution in [0.1, 0.15) is 25.3 Å². The van der Waals surface area contributed by atoms with Gasteiger partial charge in [0.25, 0.3) is 0 Å². The summed E-state index contributed by atoms with van der Waals surface area (Å²) in [5, 5.41) is 0. The smallest absolute Gasteiger partial charge is 0.306 e. The molecule has 0 saturated heterocycles. The van der Waals surface area contributed by atoms with Crippen LogP contribution in [0.15, 0.2) is 85.4 Å². The standard InChI is InChI=1S/C22H21BN3/c1-17(2)21-14-19(18-8-4-3-5-9-18)10-11-20(21)22-15-24-16-25(22)26-13-7-6-12-23-26/h3-17H,1-2H3. The van der Waals surface area contributed by atoms with Gasteiger partial charge < -0.3 is 4.92 Å². The molecule has 26 heavy (non-hydrogen) atoms. The van der Waals surface area contributed by atoms with Gasteiger partial charge in [-0.25, -0.2) is 4.98 Å². The molecule has 3 aromatic rings. The first-order chi connectivity index (χ1) is 12.7. The fraction of sp³-hybridized carbons (Fsp3) is 0.136. The summed E-state index contributed by atoms with van der Waals surface area (Å²) in [5.74, 6) is 2.43. The van der Waals surface area contributed by atoms with E-state index in [9.17, 15) is 0 Å². The molecular weight excluding hydrogens is 317 g/mol. The molecule has 2 aromatic carbocycles. The number of aromatic nitrogens is 2. The predicted molar refractivity (Wildman–Crippen MR) is 109 cm³/mol. The Bertz CT molecular complexity index is 955. The van der Waals surface area contributed by atoms with E-state index in [4.69, 9.17) is 0 Å². The van der Waals surface area contributed by atoms with Crippen molar-refractivity contribution in [1.82, 2.24) is 9.66 Å². The summed E-state index contributed by atoms with van der Waals surface area (Å²) in [6.07, 6.45) is 9.85. The highest BCUT2D eigenvalue weighted by molar-refractivity contribution is 6.46. The van der Waals surface area contributed by atoms with E-state index in [0.717, 1.165) is 5.69 Å². The van der Waals surface area contributed by atoms with Crippen molar-refractivity contribution in [2.24, 2.45) is 0 Å². The Morgan fingerprint density at radius 2 is 1.81 bits per heavy atom. The molecule has 2 heterocycles. The van der Waals surface area contributed by atoms with Crippen LogP contribution in [0, 0.1) is 0 Å². The minimum Gasteiger partial charge on any atom is -0.332 e. The summed E-state index contributed by atoms with van der Waals surface area (Å²) in [6, 6.07) is 17.3. The van der Waals surface area contributed by atoms with Crippen molar-refractivity contribution in [3.05, 3.63) is 90.9 Å². The van der Waals surface area contributed by atoms with Crippen LogP contribution in [-0.4, -0.2) is 17.1 Å². The Hall–Kier alpha value is -3.01. The van der Waals surface area contributed by atoms with Crippen LogP contribution in [0.4, 0.5) is 0 Å². The fourth-order valence-corrected chi connectivity index (χ4v) is 3.28. The summed E-state index contributed by atoms with van der Waals surface area (Å²) >= 11 is 0. The molecule has 0 unspecified atom stereocenters. The number of imidazole rings is 1. The van der Waals surface area contributed by atoms with Gasteiger partial charge in [-0.1, -0.05) is 74.4 Å². The van der Waals surface area contributed by atoms with Crippen molar-refractivity contribution >= 4 is 7.41 Å². The number of hydrogen-bond donors (Lipinski definition) is 0. The molecular formula is C22H21BN3. The van der Waals surface area contributed by atoms with Crippen LogP contribution in [0.2, 0.25) is 0 Å². The van der Waals surface area contributed by atoms with Gasteiger partial charge >= 0.3 is 7.41 Å². The van der Waals surface area contributed by atoms with Gasteiger partial charge in [-0.2, -0.15) is 0 Å². The highest BCUT2D eigenvalue weighted by atomic mass is 15.5. The minimum absolute atomic E-state index is 0.415. The van der Waals surface area contributed by atoms with Crippen molar-refractivity contribution in [2.75, 3.05) is 4.92 Å². The van der Waals surface area contributed by atoms with E-state index >= 15 is 0 Å². The lowest BCUT2D eigenvalue weighted by Crippen LogP contribution is -2.33. The first-order valence-corrected chi connectivity index (χ1v) is 8.93. The molecule has 1 aromatic heterocycles. The highest BCUT2D eigenvalue weighted by Gasteiger charge is 2.16. The quantitative estimate of drug-likeness (QED) is 0.629. The maximum Gasteiger partial charge on any atom is 0.306 e. The Kier molecular flexibility index (Phi) is 4.49. The number of hydrogen-bond acceptors (Lipinski definition) is 2. The Balaban J connectivity index is 1.79. The number of nitrogens with zero attached hydrogens (tertiary/aromatic N) is 3. The average Bonchev–Trinajstić information content (AvgIpc) is 3.18. The zero-order chi connectivity index (χ0) is 17.9. The zero-order valence-electron chi connectivity index (χ0n) is 15.1. The van der Waals surface area contributed by atoms with Crippen LogP contribution in [0.5, 0.6) is 0 Å². The summed E-state index contributed by atoms with van der Waals surface area (Å²) in [7, 11) is 2.03. The molecule has 3 nitrogen and oxygen atoms in total. The lowest BCUT2D eigenvalue weighted by atomic mass is 9.90. The van der Waals surface area contributed by atoms with Gasteiger partial charge in [-0.05, 0) is 28.7 Å². The van der Waals surface area contributed by atoms with Crippen molar-refractivity contribution in [2.45, 2.75) is 19.8 Å². The number of rotatable bonds is 4. The van der Waals surface area contributed by atoms with Crippen LogP contribution in [0.3, 0.4) is 0 Å². The lowest BCUT2D eigenvalue weighted by molar-refractivity contribution is 0.841. The normalized spacial score (nSPS) is 13.3. The van der Waals surface area contributed by atoms with Gasteiger partial charge in [0.2, 0.25) is 0 Å². The lowest BCUT2D eigenvalue weighted by Gasteiger charge is -2.25. The number of allylic oxidation sites excluding steroid dienone is 2. The topological polar surface area (TPSA) is 21.1 Å². The third-order valence-corrected chi connectivity index (χ3v) is 4.62. The largest absolute Gasteiger partial charge is 0.332 e. The Morgan fingerprint density at radius 1 is 0.962 bits per heavy atom. The monoisotopic (exact) mass is 338 g/mol. The molecule has 1 radical (unpaired) electrons. The van der Waals surface area contributed by atoms with Gasteiger partial charge in [0.15, 0.2) is 0 Å². The Labute approximate surface area is 155 Å². The summed E-state index contributed by atoms with van der Waals surface area (Å²) < 4.78 is 2.07. The van der Waals surface area contributed by atoms with Crippen LogP contribution >= 0.6 is 0 Å². The second kappa shape index (κ2) is 7.08. The van der Waals surface area contributed by atoms with E-state index in [1.165, 1.54) is 22.3 Å². The molecule has 0 amide bonds. The average molecular weight is 338 g/mol. The van der Waals surface area contributed by atoms with Crippen LogP contribution in [0.25, 0.3) is 22.4 Å². The second-order valence-electron chi connectivity index (χ2n) is 6.70. The van der Waals surface area contributed by atoms with E-state index in [-0.39, 0.29) is 0 Å². The predicted octanol–water partition coefficient (Wildman–Crippen LogP) is 4.94. The summed E-state index contributed by atoms with van der Waals surface area (Å²) in [4.78, 5) is 6.44. The molecule has 1 aliphatic heterocycles. The van der Waals surface area contributed by atoms with Crippen LogP contribution in [-0.2, 0) is 0 Å². The van der Waals surface area contributed by atoms with E-state index in [1.807, 2.05) is 49.2 Å². The third kappa shape index (κ3) is 3.10. The van der Waals surface area contributed by atoms with Gasteiger partial charge in [0.05, 0.1) is 11.9 Å². The molecule has 127 valence electrons. The summed E-state index contributed by atoms with van der Waals surface area (Å²) in [5.41, 5.74) is 6.12. The van der Waals surface area contributed by atoms with E-state index in [2.05, 4.69) is 72.0 Å². The maximum atomic E-state index is 4.40. The molecule has 0 N–H and O–H groups in total. The first kappa shape index (κ1) is 16.5. The summed E-state index contributed by atoms with van der Waals surface area (Å²) in [6.45, 7) is 4.48. The van der Waals surface area contributed by atoms with E-state index in [0.29, 0.717) is 5.92 Å².